The Labute approximate surface area is 134 Å². The monoisotopic (exact) mass is 313 g/mol. The molecule has 0 bridgehead atoms. The van der Waals surface area contributed by atoms with Gasteiger partial charge in [0.1, 0.15) is 12.4 Å². The molecule has 1 N–H and O–H groups in total. The molecule has 1 aromatic rings. The Bertz CT molecular complexity index is 408. The number of halogens is 1. The van der Waals surface area contributed by atoms with Crippen molar-refractivity contribution in [2.75, 3.05) is 26.4 Å². The van der Waals surface area contributed by atoms with Crippen LogP contribution in [0.15, 0.2) is 18.2 Å². The van der Waals surface area contributed by atoms with Crippen molar-refractivity contribution in [3.8, 4) is 5.75 Å². The lowest BCUT2D eigenvalue weighted by Crippen LogP contribution is -2.19. The first-order valence-corrected chi connectivity index (χ1v) is 8.06. The lowest BCUT2D eigenvalue weighted by molar-refractivity contribution is 0.0816. The summed E-state index contributed by atoms with van der Waals surface area (Å²) in [5.74, 6) is 2.05. The van der Waals surface area contributed by atoms with Gasteiger partial charge in [-0.15, -0.1) is 0 Å². The van der Waals surface area contributed by atoms with Gasteiger partial charge >= 0.3 is 0 Å². The van der Waals surface area contributed by atoms with E-state index >= 15 is 0 Å². The maximum atomic E-state index is 6.07. The van der Waals surface area contributed by atoms with Crippen LogP contribution in [-0.4, -0.2) is 26.4 Å². The number of hydrogen-bond acceptors (Lipinski definition) is 3. The quantitative estimate of drug-likeness (QED) is 0.659. The van der Waals surface area contributed by atoms with Gasteiger partial charge in [0.25, 0.3) is 0 Å². The van der Waals surface area contributed by atoms with Crippen LogP contribution in [0.1, 0.15) is 33.3 Å². The van der Waals surface area contributed by atoms with Gasteiger partial charge in [-0.3, -0.25) is 0 Å². The lowest BCUT2D eigenvalue weighted by Gasteiger charge is -2.14. The molecule has 0 heterocycles. The van der Waals surface area contributed by atoms with Gasteiger partial charge in [0.2, 0.25) is 0 Å². The van der Waals surface area contributed by atoms with E-state index in [1.807, 2.05) is 18.2 Å². The Morgan fingerprint density at radius 3 is 2.52 bits per heavy atom. The highest BCUT2D eigenvalue weighted by Gasteiger charge is 2.05. The minimum Gasteiger partial charge on any atom is -0.491 e. The molecule has 21 heavy (non-hydrogen) atoms. The molecule has 1 rings (SSSR count). The van der Waals surface area contributed by atoms with Gasteiger partial charge in [0, 0.05) is 23.7 Å². The average molecular weight is 314 g/mol. The van der Waals surface area contributed by atoms with Gasteiger partial charge in [-0.05, 0) is 36.6 Å². The zero-order valence-electron chi connectivity index (χ0n) is 13.6. The number of benzene rings is 1. The fourth-order valence-corrected chi connectivity index (χ4v) is 2.05. The second-order valence-electron chi connectivity index (χ2n) is 6.09. The first-order valence-electron chi connectivity index (χ1n) is 7.68. The maximum absolute atomic E-state index is 6.07. The highest BCUT2D eigenvalue weighted by Crippen LogP contribution is 2.23. The second-order valence-corrected chi connectivity index (χ2v) is 6.53. The molecule has 4 heteroatoms. The number of rotatable bonds is 10. The third kappa shape index (κ3) is 8.30. The molecule has 0 radical (unpaired) electrons. The van der Waals surface area contributed by atoms with Gasteiger partial charge in [0.15, 0.2) is 0 Å². The van der Waals surface area contributed by atoms with Crippen LogP contribution in [0.2, 0.25) is 5.02 Å². The third-order valence-electron chi connectivity index (χ3n) is 2.83. The number of ether oxygens (including phenoxy) is 2. The van der Waals surface area contributed by atoms with Crippen molar-refractivity contribution in [1.82, 2.24) is 5.32 Å². The van der Waals surface area contributed by atoms with E-state index in [1.165, 1.54) is 0 Å². The zero-order valence-corrected chi connectivity index (χ0v) is 14.4. The summed E-state index contributed by atoms with van der Waals surface area (Å²) in [5, 5.41) is 4.15. The first kappa shape index (κ1) is 18.3. The summed E-state index contributed by atoms with van der Waals surface area (Å²) < 4.78 is 11.3. The summed E-state index contributed by atoms with van der Waals surface area (Å²) in [4.78, 5) is 0. The molecule has 0 unspecified atom stereocenters. The van der Waals surface area contributed by atoms with Gasteiger partial charge in [-0.2, -0.15) is 0 Å². The summed E-state index contributed by atoms with van der Waals surface area (Å²) in [7, 11) is 0. The average Bonchev–Trinajstić information content (AvgIpc) is 2.39. The van der Waals surface area contributed by atoms with E-state index < -0.39 is 0 Å². The van der Waals surface area contributed by atoms with E-state index in [-0.39, 0.29) is 0 Å². The van der Waals surface area contributed by atoms with Crippen molar-refractivity contribution in [3.63, 3.8) is 0 Å². The van der Waals surface area contributed by atoms with E-state index in [9.17, 15) is 0 Å². The van der Waals surface area contributed by atoms with Gasteiger partial charge < -0.3 is 14.8 Å². The molecule has 0 spiro atoms. The van der Waals surface area contributed by atoms with Crippen LogP contribution in [0, 0.1) is 11.8 Å². The van der Waals surface area contributed by atoms with Gasteiger partial charge in [0.05, 0.1) is 6.61 Å². The van der Waals surface area contributed by atoms with Crippen LogP contribution < -0.4 is 10.1 Å². The van der Waals surface area contributed by atoms with Crippen LogP contribution in [0.5, 0.6) is 5.75 Å². The molecular weight excluding hydrogens is 286 g/mol. The highest BCUT2D eigenvalue weighted by atomic mass is 35.5. The van der Waals surface area contributed by atoms with Crippen molar-refractivity contribution in [3.05, 3.63) is 28.8 Å². The number of nitrogens with one attached hydrogen (secondary N) is 1. The van der Waals surface area contributed by atoms with Crippen LogP contribution in [0.25, 0.3) is 0 Å². The van der Waals surface area contributed by atoms with Crippen molar-refractivity contribution in [2.24, 2.45) is 11.8 Å². The topological polar surface area (TPSA) is 30.5 Å². The first-order chi connectivity index (χ1) is 9.99. The predicted octanol–water partition coefficient (Wildman–Crippen LogP) is 4.14. The molecule has 0 aliphatic carbocycles. The molecule has 0 saturated heterocycles. The Hall–Kier alpha value is -0.770. The molecule has 120 valence electrons. The van der Waals surface area contributed by atoms with Crippen LogP contribution in [0.4, 0.5) is 0 Å². The Balaban J connectivity index is 2.44. The van der Waals surface area contributed by atoms with Crippen molar-refractivity contribution < 1.29 is 9.47 Å². The molecule has 0 atom stereocenters. The molecule has 1 aromatic carbocycles. The summed E-state index contributed by atoms with van der Waals surface area (Å²) in [6.45, 7) is 12.3. The second kappa shape index (κ2) is 10.0. The summed E-state index contributed by atoms with van der Waals surface area (Å²) in [6.07, 6.45) is 0. The predicted molar refractivity (Wildman–Crippen MR) is 89.1 cm³/mol. The van der Waals surface area contributed by atoms with Crippen molar-refractivity contribution in [2.45, 2.75) is 34.2 Å². The molecule has 0 saturated carbocycles. The van der Waals surface area contributed by atoms with Crippen molar-refractivity contribution >= 4 is 11.6 Å². The molecule has 3 nitrogen and oxygen atoms in total. The SMILES string of the molecule is CC(C)CNCc1cc(Cl)ccc1OCCOCC(C)C. The molecular formula is C17H28ClNO2. The molecule has 0 fully saturated rings. The van der Waals surface area contributed by atoms with E-state index in [4.69, 9.17) is 21.1 Å². The van der Waals surface area contributed by atoms with E-state index in [1.54, 1.807) is 0 Å². The minimum absolute atomic E-state index is 0.552. The normalized spacial score (nSPS) is 11.4. The Morgan fingerprint density at radius 2 is 1.86 bits per heavy atom. The number of hydrogen-bond donors (Lipinski definition) is 1. The molecule has 0 aliphatic rings. The van der Waals surface area contributed by atoms with E-state index in [0.29, 0.717) is 25.0 Å². The standard InChI is InChI=1S/C17H28ClNO2/c1-13(2)10-19-11-15-9-16(18)5-6-17(15)21-8-7-20-12-14(3)4/h5-6,9,13-14,19H,7-8,10-12H2,1-4H3. The zero-order chi connectivity index (χ0) is 15.7. The fraction of sp³-hybridized carbons (Fsp3) is 0.647. The van der Waals surface area contributed by atoms with Crippen LogP contribution in [-0.2, 0) is 11.3 Å². The molecule has 0 aromatic heterocycles. The Morgan fingerprint density at radius 1 is 1.10 bits per heavy atom. The van der Waals surface area contributed by atoms with Crippen LogP contribution in [0.3, 0.4) is 0 Å². The van der Waals surface area contributed by atoms with Crippen molar-refractivity contribution in [1.29, 1.82) is 0 Å². The van der Waals surface area contributed by atoms with E-state index in [0.717, 1.165) is 36.0 Å². The third-order valence-corrected chi connectivity index (χ3v) is 3.06. The van der Waals surface area contributed by atoms with E-state index in [2.05, 4.69) is 33.0 Å². The fourth-order valence-electron chi connectivity index (χ4n) is 1.85. The lowest BCUT2D eigenvalue weighted by atomic mass is 10.2. The van der Waals surface area contributed by atoms with Gasteiger partial charge in [-0.1, -0.05) is 39.3 Å². The van der Waals surface area contributed by atoms with Crippen LogP contribution >= 0.6 is 11.6 Å². The molecule has 0 amide bonds. The molecule has 0 aliphatic heterocycles. The van der Waals surface area contributed by atoms with Gasteiger partial charge in [-0.25, -0.2) is 0 Å². The minimum atomic E-state index is 0.552. The Kier molecular flexibility index (Phi) is 8.74. The highest BCUT2D eigenvalue weighted by molar-refractivity contribution is 6.30. The summed E-state index contributed by atoms with van der Waals surface area (Å²) in [5.41, 5.74) is 1.09. The largest absolute Gasteiger partial charge is 0.491 e. The summed E-state index contributed by atoms with van der Waals surface area (Å²) in [6, 6.07) is 5.74. The maximum Gasteiger partial charge on any atom is 0.124 e. The summed E-state index contributed by atoms with van der Waals surface area (Å²) >= 11 is 6.07. The smallest absolute Gasteiger partial charge is 0.124 e.